The number of imidazole rings is 1. The van der Waals surface area contributed by atoms with Crippen molar-refractivity contribution in [1.82, 2.24) is 20.2 Å². The number of aryl methyl sites for hydroxylation is 1. The number of ether oxygens (including phenoxy) is 2. The van der Waals surface area contributed by atoms with Crippen molar-refractivity contribution in [1.29, 1.82) is 0 Å². The average molecular weight is 366 g/mol. The normalized spacial score (nSPS) is 13.9. The summed E-state index contributed by atoms with van der Waals surface area (Å²) >= 11 is 0. The molecular formula is C20H22N4O3. The van der Waals surface area contributed by atoms with E-state index >= 15 is 0 Å². The van der Waals surface area contributed by atoms with Crippen molar-refractivity contribution in [3.05, 3.63) is 53.3 Å². The lowest BCUT2D eigenvalue weighted by molar-refractivity contribution is -0.125. The first-order valence-corrected chi connectivity index (χ1v) is 8.80. The molecule has 7 nitrogen and oxygen atoms in total. The van der Waals surface area contributed by atoms with Crippen LogP contribution in [0.5, 0.6) is 11.5 Å². The van der Waals surface area contributed by atoms with Gasteiger partial charge in [-0.05, 0) is 56.4 Å². The number of likely N-dealkylation sites (N-methyl/N-ethyl adjacent to an activating group) is 1. The molecule has 2 N–H and O–H groups in total. The van der Waals surface area contributed by atoms with Gasteiger partial charge in [0.1, 0.15) is 11.9 Å². The summed E-state index contributed by atoms with van der Waals surface area (Å²) in [6.45, 7) is 2.59. The van der Waals surface area contributed by atoms with Crippen LogP contribution in [0.15, 0.2) is 36.4 Å². The number of aromatic amines is 1. The molecule has 0 fully saturated rings. The smallest absolute Gasteiger partial charge is 0.242 e. The number of H-pyrrole nitrogens is 1. The zero-order valence-corrected chi connectivity index (χ0v) is 15.6. The molecule has 0 spiro atoms. The number of rotatable bonds is 5. The number of nitrogens with zero attached hydrogens (tertiary/aromatic N) is 2. The fourth-order valence-corrected chi connectivity index (χ4v) is 3.35. The number of fused-ring (bicyclic) bond motifs is 2. The molecule has 1 atom stereocenters. The van der Waals surface area contributed by atoms with E-state index in [0.717, 1.165) is 28.0 Å². The van der Waals surface area contributed by atoms with Gasteiger partial charge < -0.3 is 19.8 Å². The molecule has 0 saturated carbocycles. The summed E-state index contributed by atoms with van der Waals surface area (Å²) in [7, 11) is 3.77. The van der Waals surface area contributed by atoms with E-state index in [1.165, 1.54) is 0 Å². The first-order chi connectivity index (χ1) is 13.0. The second-order valence-corrected chi connectivity index (χ2v) is 6.87. The van der Waals surface area contributed by atoms with Gasteiger partial charge in [-0.2, -0.15) is 0 Å². The fraction of sp³-hybridized carbons (Fsp3) is 0.300. The molecule has 140 valence electrons. The van der Waals surface area contributed by atoms with Crippen LogP contribution in [-0.4, -0.2) is 41.7 Å². The highest BCUT2D eigenvalue weighted by Crippen LogP contribution is 2.35. The number of aromatic nitrogens is 2. The van der Waals surface area contributed by atoms with Crippen molar-refractivity contribution < 1.29 is 14.3 Å². The number of nitrogens with one attached hydrogen (secondary N) is 2. The van der Waals surface area contributed by atoms with Gasteiger partial charge in [0, 0.05) is 6.54 Å². The van der Waals surface area contributed by atoms with Gasteiger partial charge in [-0.1, -0.05) is 12.1 Å². The maximum atomic E-state index is 12.9. The second-order valence-electron chi connectivity index (χ2n) is 6.87. The summed E-state index contributed by atoms with van der Waals surface area (Å²) < 4.78 is 10.8. The summed E-state index contributed by atoms with van der Waals surface area (Å²) in [5.74, 6) is 2.19. The lowest BCUT2D eigenvalue weighted by atomic mass is 10.0. The van der Waals surface area contributed by atoms with Crippen LogP contribution in [0.1, 0.15) is 23.0 Å². The van der Waals surface area contributed by atoms with E-state index < -0.39 is 6.04 Å². The molecule has 2 aromatic carbocycles. The van der Waals surface area contributed by atoms with E-state index in [9.17, 15) is 4.79 Å². The highest BCUT2D eigenvalue weighted by atomic mass is 16.7. The third-order valence-corrected chi connectivity index (χ3v) is 4.61. The maximum absolute atomic E-state index is 12.9. The van der Waals surface area contributed by atoms with Crippen molar-refractivity contribution in [2.24, 2.45) is 0 Å². The molecule has 2 heterocycles. The quantitative estimate of drug-likeness (QED) is 0.725. The first kappa shape index (κ1) is 17.4. The Bertz CT molecular complexity index is 996. The summed E-state index contributed by atoms with van der Waals surface area (Å²) in [6.07, 6.45) is 0. The van der Waals surface area contributed by atoms with Crippen LogP contribution in [0.4, 0.5) is 0 Å². The first-order valence-electron chi connectivity index (χ1n) is 8.80. The minimum atomic E-state index is -0.419. The van der Waals surface area contributed by atoms with E-state index in [4.69, 9.17) is 9.47 Å². The molecule has 1 aliphatic heterocycles. The third kappa shape index (κ3) is 3.46. The minimum Gasteiger partial charge on any atom is -0.454 e. The number of hydrogen-bond donors (Lipinski definition) is 2. The molecule has 3 aromatic rings. The summed E-state index contributed by atoms with van der Waals surface area (Å²) in [6, 6.07) is 11.1. The molecule has 1 aromatic heterocycles. The molecule has 1 aliphatic rings. The fourth-order valence-electron chi connectivity index (χ4n) is 3.35. The monoisotopic (exact) mass is 366 g/mol. The van der Waals surface area contributed by atoms with Crippen LogP contribution in [0, 0.1) is 6.92 Å². The van der Waals surface area contributed by atoms with E-state index in [2.05, 4.69) is 15.3 Å². The molecule has 0 saturated heterocycles. The Morgan fingerprint density at radius 1 is 1.22 bits per heavy atom. The number of carbonyl (C=O) groups is 1. The molecule has 0 aliphatic carbocycles. The molecule has 0 bridgehead atoms. The Morgan fingerprint density at radius 2 is 2.04 bits per heavy atom. The van der Waals surface area contributed by atoms with Crippen LogP contribution in [0.25, 0.3) is 11.0 Å². The van der Waals surface area contributed by atoms with Crippen LogP contribution in [-0.2, 0) is 11.3 Å². The number of benzene rings is 2. The lowest BCUT2D eigenvalue weighted by Crippen LogP contribution is -2.36. The van der Waals surface area contributed by atoms with Crippen molar-refractivity contribution in [3.63, 3.8) is 0 Å². The lowest BCUT2D eigenvalue weighted by Gasteiger charge is -2.24. The Morgan fingerprint density at radius 3 is 2.85 bits per heavy atom. The van der Waals surface area contributed by atoms with Gasteiger partial charge in [0.25, 0.3) is 0 Å². The Labute approximate surface area is 157 Å². The number of amides is 1. The van der Waals surface area contributed by atoms with Crippen molar-refractivity contribution in [2.45, 2.75) is 19.5 Å². The molecular weight excluding hydrogens is 344 g/mol. The van der Waals surface area contributed by atoms with E-state index in [1.54, 1.807) is 0 Å². The highest BCUT2D eigenvalue weighted by Gasteiger charge is 2.25. The zero-order valence-electron chi connectivity index (χ0n) is 15.6. The Balaban J connectivity index is 1.50. The van der Waals surface area contributed by atoms with Crippen LogP contribution >= 0.6 is 0 Å². The third-order valence-electron chi connectivity index (χ3n) is 4.61. The van der Waals surface area contributed by atoms with Gasteiger partial charge in [0.2, 0.25) is 12.7 Å². The minimum absolute atomic E-state index is 0.0697. The van der Waals surface area contributed by atoms with Gasteiger partial charge >= 0.3 is 0 Å². The van der Waals surface area contributed by atoms with Crippen LogP contribution < -0.4 is 14.8 Å². The highest BCUT2D eigenvalue weighted by molar-refractivity contribution is 5.83. The summed E-state index contributed by atoms with van der Waals surface area (Å²) in [5.41, 5.74) is 3.78. The standard InChI is InChI=1S/C20H22N4O3/c1-12-22-15-6-4-13(8-16(15)23-12)10-21-20(25)19(24(2)3)14-5-7-17-18(9-14)27-11-26-17/h4-9,19H,10-11H2,1-3H3,(H,21,25)(H,22,23). The Kier molecular flexibility index (Phi) is 4.45. The second kappa shape index (κ2) is 6.92. The maximum Gasteiger partial charge on any atom is 0.242 e. The molecule has 0 radical (unpaired) electrons. The molecule has 1 amide bonds. The van der Waals surface area contributed by atoms with Crippen LogP contribution in [0.2, 0.25) is 0 Å². The SMILES string of the molecule is Cc1nc2ccc(CNC(=O)C(c3ccc4c(c3)OCO4)N(C)C)cc2[nH]1. The Hall–Kier alpha value is -3.06. The number of carbonyl (C=O) groups excluding carboxylic acids is 1. The largest absolute Gasteiger partial charge is 0.454 e. The van der Waals surface area contributed by atoms with Gasteiger partial charge in [0.05, 0.1) is 11.0 Å². The predicted molar refractivity (Wildman–Crippen MR) is 102 cm³/mol. The van der Waals surface area contributed by atoms with Crippen molar-refractivity contribution in [3.8, 4) is 11.5 Å². The summed E-state index contributed by atoms with van der Waals surface area (Å²) in [5, 5.41) is 3.03. The molecule has 1 unspecified atom stereocenters. The van der Waals surface area contributed by atoms with Gasteiger partial charge in [0.15, 0.2) is 11.5 Å². The van der Waals surface area contributed by atoms with Gasteiger partial charge in [-0.3, -0.25) is 9.69 Å². The van der Waals surface area contributed by atoms with Gasteiger partial charge in [-0.25, -0.2) is 4.98 Å². The van der Waals surface area contributed by atoms with E-state index in [-0.39, 0.29) is 12.7 Å². The van der Waals surface area contributed by atoms with Crippen molar-refractivity contribution in [2.75, 3.05) is 20.9 Å². The molecule has 4 rings (SSSR count). The number of hydrogen-bond acceptors (Lipinski definition) is 5. The van der Waals surface area contributed by atoms with Crippen molar-refractivity contribution >= 4 is 16.9 Å². The van der Waals surface area contributed by atoms with E-state index in [0.29, 0.717) is 18.0 Å². The molecule has 7 heteroatoms. The predicted octanol–water partition coefficient (Wildman–Crippen LogP) is 2.52. The summed E-state index contributed by atoms with van der Waals surface area (Å²) in [4.78, 5) is 22.4. The topological polar surface area (TPSA) is 79.5 Å². The average Bonchev–Trinajstić information content (AvgIpc) is 3.24. The zero-order chi connectivity index (χ0) is 19.0. The van der Waals surface area contributed by atoms with Crippen LogP contribution in [0.3, 0.4) is 0 Å². The van der Waals surface area contributed by atoms with E-state index in [1.807, 2.05) is 62.3 Å². The van der Waals surface area contributed by atoms with Gasteiger partial charge in [-0.15, -0.1) is 0 Å². The molecule has 27 heavy (non-hydrogen) atoms.